The smallest absolute Gasteiger partial charge is 0.345 e. The molecule has 0 saturated carbocycles. The van der Waals surface area contributed by atoms with Crippen LogP contribution in [0.3, 0.4) is 0 Å². The van der Waals surface area contributed by atoms with Gasteiger partial charge in [0.15, 0.2) is 0 Å². The highest BCUT2D eigenvalue weighted by Crippen LogP contribution is 2.27. The molecule has 1 amide bonds. The molecule has 0 bridgehead atoms. The van der Waals surface area contributed by atoms with Crippen LogP contribution in [0.5, 0.6) is 0 Å². The summed E-state index contributed by atoms with van der Waals surface area (Å²) in [6, 6.07) is 17.3. The van der Waals surface area contributed by atoms with Crippen LogP contribution < -0.4 is 5.63 Å². The third-order valence-corrected chi connectivity index (χ3v) is 5.43. The van der Waals surface area contributed by atoms with Gasteiger partial charge < -0.3 is 13.9 Å². The zero-order chi connectivity index (χ0) is 18.5. The van der Waals surface area contributed by atoms with E-state index in [1.807, 2.05) is 46.8 Å². The van der Waals surface area contributed by atoms with Gasteiger partial charge in [-0.25, -0.2) is 4.79 Å². The van der Waals surface area contributed by atoms with Crippen molar-refractivity contribution in [2.45, 2.75) is 13.0 Å². The van der Waals surface area contributed by atoms with Crippen LogP contribution in [-0.2, 0) is 20.0 Å². The van der Waals surface area contributed by atoms with Gasteiger partial charge in [-0.3, -0.25) is 4.79 Å². The van der Waals surface area contributed by atoms with Crippen LogP contribution in [0.15, 0.2) is 63.8 Å². The van der Waals surface area contributed by atoms with Crippen molar-refractivity contribution in [1.82, 2.24) is 9.47 Å². The molecule has 0 N–H and O–H groups in total. The molecule has 0 radical (unpaired) electrons. The average Bonchev–Trinajstić information content (AvgIpc) is 3.05. The lowest BCUT2D eigenvalue weighted by Gasteiger charge is -2.29. The lowest BCUT2D eigenvalue weighted by Crippen LogP contribution is -2.36. The summed E-state index contributed by atoms with van der Waals surface area (Å²) >= 11 is 0. The topological polar surface area (TPSA) is 55.5 Å². The summed E-state index contributed by atoms with van der Waals surface area (Å²) < 4.78 is 7.24. The Balaban J connectivity index is 1.63. The van der Waals surface area contributed by atoms with E-state index < -0.39 is 5.63 Å². The summed E-state index contributed by atoms with van der Waals surface area (Å²) in [6.45, 7) is 1.26. The van der Waals surface area contributed by atoms with Crippen molar-refractivity contribution in [3.63, 3.8) is 0 Å². The average molecular weight is 358 g/mol. The zero-order valence-corrected chi connectivity index (χ0v) is 14.9. The van der Waals surface area contributed by atoms with Crippen LogP contribution in [0.25, 0.3) is 21.9 Å². The molecule has 2 aromatic heterocycles. The van der Waals surface area contributed by atoms with Crippen molar-refractivity contribution in [3.8, 4) is 0 Å². The zero-order valence-electron chi connectivity index (χ0n) is 14.9. The molecule has 0 saturated heterocycles. The van der Waals surface area contributed by atoms with Gasteiger partial charge in [-0.15, -0.1) is 0 Å². The standard InChI is InChI=1S/C22H18N2O3/c1-23-18(21(25)24-11-10-14-6-2-3-7-15(14)13-24)12-17-20(23)16-8-4-5-9-19(16)27-22(17)26/h2-9,12H,10-11,13H2,1H3. The molecule has 1 aliphatic heterocycles. The fraction of sp³-hybridized carbons (Fsp3) is 0.182. The Morgan fingerprint density at radius 1 is 1.00 bits per heavy atom. The first-order chi connectivity index (χ1) is 13.1. The molecule has 2 aromatic carbocycles. The minimum absolute atomic E-state index is 0.0633. The second-order valence-corrected chi connectivity index (χ2v) is 6.98. The first-order valence-corrected chi connectivity index (χ1v) is 9.01. The van der Waals surface area contributed by atoms with Crippen molar-refractivity contribution in [1.29, 1.82) is 0 Å². The van der Waals surface area contributed by atoms with Crippen molar-refractivity contribution < 1.29 is 9.21 Å². The molecule has 1 aliphatic rings. The van der Waals surface area contributed by atoms with Gasteiger partial charge in [-0.2, -0.15) is 0 Å². The number of nitrogens with zero attached hydrogens (tertiary/aromatic N) is 2. The molecule has 5 rings (SSSR count). The number of benzene rings is 2. The van der Waals surface area contributed by atoms with E-state index >= 15 is 0 Å². The fourth-order valence-corrected chi connectivity index (χ4v) is 4.03. The quantitative estimate of drug-likeness (QED) is 0.490. The Hall–Kier alpha value is -3.34. The van der Waals surface area contributed by atoms with E-state index in [0.29, 0.717) is 29.8 Å². The molecule has 5 nitrogen and oxygen atoms in total. The predicted molar refractivity (Wildman–Crippen MR) is 104 cm³/mol. The highest BCUT2D eigenvalue weighted by molar-refractivity contribution is 6.07. The molecular formula is C22H18N2O3. The highest BCUT2D eigenvalue weighted by atomic mass is 16.4. The second-order valence-electron chi connectivity index (χ2n) is 6.98. The minimum Gasteiger partial charge on any atom is -0.422 e. The van der Waals surface area contributed by atoms with Crippen LogP contribution >= 0.6 is 0 Å². The van der Waals surface area contributed by atoms with Crippen molar-refractivity contribution in [2.24, 2.45) is 7.05 Å². The van der Waals surface area contributed by atoms with Gasteiger partial charge in [0.25, 0.3) is 5.91 Å². The van der Waals surface area contributed by atoms with Crippen molar-refractivity contribution in [2.75, 3.05) is 6.54 Å². The lowest BCUT2D eigenvalue weighted by atomic mass is 10.00. The Morgan fingerprint density at radius 2 is 1.74 bits per heavy atom. The molecule has 0 fully saturated rings. The molecule has 3 heterocycles. The number of carbonyl (C=O) groups is 1. The number of para-hydroxylation sites is 1. The third-order valence-electron chi connectivity index (χ3n) is 5.43. The Morgan fingerprint density at radius 3 is 2.59 bits per heavy atom. The molecule has 0 aliphatic carbocycles. The highest BCUT2D eigenvalue weighted by Gasteiger charge is 2.25. The summed E-state index contributed by atoms with van der Waals surface area (Å²) in [4.78, 5) is 27.5. The number of hydrogen-bond donors (Lipinski definition) is 0. The maximum atomic E-state index is 13.2. The summed E-state index contributed by atoms with van der Waals surface area (Å²) in [5, 5.41) is 1.27. The van der Waals surface area contributed by atoms with E-state index in [1.165, 1.54) is 11.1 Å². The van der Waals surface area contributed by atoms with Gasteiger partial charge >= 0.3 is 5.63 Å². The number of aromatic nitrogens is 1. The van der Waals surface area contributed by atoms with Gasteiger partial charge in [0.2, 0.25) is 0 Å². The van der Waals surface area contributed by atoms with E-state index in [1.54, 1.807) is 12.1 Å². The number of fused-ring (bicyclic) bond motifs is 4. The van der Waals surface area contributed by atoms with Gasteiger partial charge in [-0.05, 0) is 35.7 Å². The molecular weight excluding hydrogens is 340 g/mol. The summed E-state index contributed by atoms with van der Waals surface area (Å²) in [7, 11) is 1.83. The molecule has 4 aromatic rings. The van der Waals surface area contributed by atoms with Crippen LogP contribution in [0.4, 0.5) is 0 Å². The Bertz CT molecular complexity index is 1270. The van der Waals surface area contributed by atoms with E-state index in [9.17, 15) is 9.59 Å². The lowest BCUT2D eigenvalue weighted by molar-refractivity contribution is 0.0725. The van der Waals surface area contributed by atoms with E-state index in [-0.39, 0.29) is 5.91 Å². The van der Waals surface area contributed by atoms with E-state index in [2.05, 4.69) is 12.1 Å². The maximum Gasteiger partial charge on any atom is 0.345 e. The number of rotatable bonds is 1. The summed E-state index contributed by atoms with van der Waals surface area (Å²) in [5.74, 6) is -0.0633. The fourth-order valence-electron chi connectivity index (χ4n) is 4.03. The summed E-state index contributed by atoms with van der Waals surface area (Å²) in [6.07, 6.45) is 0.844. The predicted octanol–water partition coefficient (Wildman–Crippen LogP) is 3.48. The number of carbonyl (C=O) groups excluding carboxylic acids is 1. The van der Waals surface area contributed by atoms with Crippen LogP contribution in [-0.4, -0.2) is 21.9 Å². The molecule has 134 valence electrons. The molecule has 0 unspecified atom stereocenters. The molecule has 27 heavy (non-hydrogen) atoms. The molecule has 0 atom stereocenters. The number of hydrogen-bond acceptors (Lipinski definition) is 3. The van der Waals surface area contributed by atoms with Gasteiger partial charge in [0.05, 0.1) is 10.9 Å². The van der Waals surface area contributed by atoms with Crippen LogP contribution in [0.2, 0.25) is 0 Å². The van der Waals surface area contributed by atoms with Crippen LogP contribution in [0.1, 0.15) is 21.6 Å². The molecule has 0 spiro atoms. The monoisotopic (exact) mass is 358 g/mol. The number of amides is 1. The first kappa shape index (κ1) is 15.9. The summed E-state index contributed by atoms with van der Waals surface area (Å²) in [5.41, 5.74) is 3.84. The normalized spacial score (nSPS) is 13.9. The van der Waals surface area contributed by atoms with Crippen molar-refractivity contribution in [3.05, 3.63) is 81.8 Å². The third kappa shape index (κ3) is 2.39. The van der Waals surface area contributed by atoms with Crippen molar-refractivity contribution >= 4 is 27.8 Å². The van der Waals surface area contributed by atoms with Gasteiger partial charge in [0, 0.05) is 25.5 Å². The SMILES string of the molecule is Cn1c(C(=O)N2CCc3ccccc3C2)cc2c(=O)oc3ccccc3c21. The largest absolute Gasteiger partial charge is 0.422 e. The minimum atomic E-state index is -0.415. The number of aryl methyl sites for hydroxylation is 1. The van der Waals surface area contributed by atoms with Gasteiger partial charge in [0.1, 0.15) is 11.3 Å². The maximum absolute atomic E-state index is 13.2. The Labute approximate surface area is 155 Å². The van der Waals surface area contributed by atoms with Gasteiger partial charge in [-0.1, -0.05) is 36.4 Å². The van der Waals surface area contributed by atoms with E-state index in [4.69, 9.17) is 4.42 Å². The molecule has 5 heteroatoms. The van der Waals surface area contributed by atoms with E-state index in [0.717, 1.165) is 17.3 Å². The first-order valence-electron chi connectivity index (χ1n) is 9.01. The van der Waals surface area contributed by atoms with Crippen LogP contribution in [0, 0.1) is 0 Å². The Kier molecular flexibility index (Phi) is 3.44. The second kappa shape index (κ2) is 5.84.